The molecule has 0 radical (unpaired) electrons. The molecule has 1 fully saturated rings. The van der Waals surface area contributed by atoms with Crippen molar-refractivity contribution in [3.63, 3.8) is 0 Å². The van der Waals surface area contributed by atoms with Gasteiger partial charge in [0.1, 0.15) is 5.76 Å². The Morgan fingerprint density at radius 1 is 1.13 bits per heavy atom. The molecular formula is C13H14O2. The molecule has 1 aromatic rings. The zero-order valence-electron chi connectivity index (χ0n) is 8.61. The summed E-state index contributed by atoms with van der Waals surface area (Å²) in [5.41, 5.74) is 2.40. The minimum Gasteiger partial charge on any atom is -0.465 e. The SMILES string of the molecule is C1=C2CCCCOC(O2)c2ccccc21. The van der Waals surface area contributed by atoms with Gasteiger partial charge in [-0.05, 0) is 24.5 Å². The predicted octanol–water partition coefficient (Wildman–Crippen LogP) is 3.26. The highest BCUT2D eigenvalue weighted by Crippen LogP contribution is 2.35. The van der Waals surface area contributed by atoms with Gasteiger partial charge in [0.25, 0.3) is 0 Å². The van der Waals surface area contributed by atoms with Crippen molar-refractivity contribution in [1.82, 2.24) is 0 Å². The third-order valence-corrected chi connectivity index (χ3v) is 2.91. The van der Waals surface area contributed by atoms with Crippen LogP contribution in [-0.4, -0.2) is 6.61 Å². The standard InChI is InChI=1S/C13H14O2/c1-2-7-12-10(5-1)9-11-6-3-4-8-14-13(12)15-11/h1-2,5,7,9,13H,3-4,6,8H2. The van der Waals surface area contributed by atoms with Crippen LogP contribution in [0.1, 0.15) is 36.7 Å². The zero-order valence-corrected chi connectivity index (χ0v) is 8.61. The summed E-state index contributed by atoms with van der Waals surface area (Å²) in [6.45, 7) is 0.798. The topological polar surface area (TPSA) is 18.5 Å². The van der Waals surface area contributed by atoms with E-state index in [0.29, 0.717) is 0 Å². The van der Waals surface area contributed by atoms with E-state index in [4.69, 9.17) is 9.47 Å². The fraction of sp³-hybridized carbons (Fsp3) is 0.385. The van der Waals surface area contributed by atoms with Gasteiger partial charge in [0.05, 0.1) is 6.61 Å². The number of ether oxygens (including phenoxy) is 2. The zero-order chi connectivity index (χ0) is 10.1. The molecule has 2 bridgehead atoms. The largest absolute Gasteiger partial charge is 0.465 e. The van der Waals surface area contributed by atoms with Gasteiger partial charge in [-0.15, -0.1) is 0 Å². The Balaban J connectivity index is 2.04. The molecule has 2 aliphatic heterocycles. The third kappa shape index (κ3) is 1.65. The quantitative estimate of drug-likeness (QED) is 0.643. The summed E-state index contributed by atoms with van der Waals surface area (Å²) in [6.07, 6.45) is 5.27. The van der Waals surface area contributed by atoms with Gasteiger partial charge in [0.2, 0.25) is 6.29 Å². The molecule has 2 heterocycles. The average Bonchev–Trinajstić information content (AvgIpc) is 2.25. The molecule has 0 aliphatic carbocycles. The van der Waals surface area contributed by atoms with Crippen LogP contribution in [0.3, 0.4) is 0 Å². The van der Waals surface area contributed by atoms with Crippen molar-refractivity contribution in [2.45, 2.75) is 25.6 Å². The van der Waals surface area contributed by atoms with Crippen LogP contribution in [0.5, 0.6) is 0 Å². The highest BCUT2D eigenvalue weighted by molar-refractivity contribution is 5.57. The Bertz CT molecular complexity index is 395. The summed E-state index contributed by atoms with van der Waals surface area (Å²) in [5, 5.41) is 0. The van der Waals surface area contributed by atoms with Crippen molar-refractivity contribution in [3.05, 3.63) is 41.2 Å². The Morgan fingerprint density at radius 2 is 2.07 bits per heavy atom. The molecular weight excluding hydrogens is 188 g/mol. The van der Waals surface area contributed by atoms with E-state index in [1.807, 2.05) is 6.07 Å². The first-order valence-electron chi connectivity index (χ1n) is 5.51. The molecule has 1 unspecified atom stereocenters. The Kier molecular flexibility index (Phi) is 2.22. The van der Waals surface area contributed by atoms with E-state index in [0.717, 1.165) is 37.2 Å². The first-order chi connectivity index (χ1) is 7.43. The lowest BCUT2D eigenvalue weighted by Crippen LogP contribution is -2.16. The van der Waals surface area contributed by atoms with Crippen LogP contribution in [0.4, 0.5) is 0 Å². The lowest BCUT2D eigenvalue weighted by Gasteiger charge is -2.29. The van der Waals surface area contributed by atoms with Gasteiger partial charge in [-0.25, -0.2) is 0 Å². The first-order valence-corrected chi connectivity index (χ1v) is 5.51. The fourth-order valence-corrected chi connectivity index (χ4v) is 2.11. The average molecular weight is 202 g/mol. The van der Waals surface area contributed by atoms with Crippen molar-refractivity contribution in [2.75, 3.05) is 6.61 Å². The second-order valence-corrected chi connectivity index (χ2v) is 4.02. The number of fused-ring (bicyclic) bond motifs is 4. The normalized spacial score (nSPS) is 24.3. The van der Waals surface area contributed by atoms with Crippen LogP contribution in [-0.2, 0) is 9.47 Å². The summed E-state index contributed by atoms with van der Waals surface area (Å²) >= 11 is 0. The summed E-state index contributed by atoms with van der Waals surface area (Å²) in [4.78, 5) is 0. The van der Waals surface area contributed by atoms with Crippen molar-refractivity contribution in [2.24, 2.45) is 0 Å². The second-order valence-electron chi connectivity index (χ2n) is 4.02. The summed E-state index contributed by atoms with van der Waals surface area (Å²) in [5.74, 6) is 1.07. The number of rotatable bonds is 0. The van der Waals surface area contributed by atoms with Crippen LogP contribution >= 0.6 is 0 Å². The molecule has 2 nitrogen and oxygen atoms in total. The van der Waals surface area contributed by atoms with Gasteiger partial charge >= 0.3 is 0 Å². The summed E-state index contributed by atoms with van der Waals surface area (Å²) in [7, 11) is 0. The highest BCUT2D eigenvalue weighted by atomic mass is 16.7. The van der Waals surface area contributed by atoms with E-state index in [1.165, 1.54) is 5.56 Å². The van der Waals surface area contributed by atoms with Crippen molar-refractivity contribution in [3.8, 4) is 0 Å². The van der Waals surface area contributed by atoms with E-state index < -0.39 is 0 Å². The Hall–Kier alpha value is -1.28. The van der Waals surface area contributed by atoms with E-state index in [9.17, 15) is 0 Å². The number of hydrogen-bond acceptors (Lipinski definition) is 2. The Morgan fingerprint density at radius 3 is 3.07 bits per heavy atom. The molecule has 0 amide bonds. The monoisotopic (exact) mass is 202 g/mol. The second kappa shape index (κ2) is 3.70. The predicted molar refractivity (Wildman–Crippen MR) is 58.0 cm³/mol. The molecule has 2 heteroatoms. The maximum atomic E-state index is 5.79. The van der Waals surface area contributed by atoms with Gasteiger partial charge in [-0.2, -0.15) is 0 Å². The molecule has 1 atom stereocenters. The van der Waals surface area contributed by atoms with Gasteiger partial charge < -0.3 is 9.47 Å². The lowest BCUT2D eigenvalue weighted by molar-refractivity contribution is -0.131. The third-order valence-electron chi connectivity index (χ3n) is 2.91. The van der Waals surface area contributed by atoms with E-state index in [1.54, 1.807) is 0 Å². The highest BCUT2D eigenvalue weighted by Gasteiger charge is 2.23. The molecule has 0 saturated carbocycles. The molecule has 0 aromatic heterocycles. The number of benzene rings is 1. The van der Waals surface area contributed by atoms with Crippen LogP contribution in [0.15, 0.2) is 30.0 Å². The van der Waals surface area contributed by atoms with Crippen LogP contribution < -0.4 is 0 Å². The fourth-order valence-electron chi connectivity index (χ4n) is 2.11. The Labute approximate surface area is 89.5 Å². The van der Waals surface area contributed by atoms with Crippen molar-refractivity contribution in [1.29, 1.82) is 0 Å². The van der Waals surface area contributed by atoms with Gasteiger partial charge in [0, 0.05) is 12.0 Å². The molecule has 15 heavy (non-hydrogen) atoms. The van der Waals surface area contributed by atoms with Crippen molar-refractivity contribution < 1.29 is 9.47 Å². The first kappa shape index (κ1) is 8.98. The minimum atomic E-state index is -0.179. The smallest absolute Gasteiger partial charge is 0.226 e. The van der Waals surface area contributed by atoms with Crippen LogP contribution in [0, 0.1) is 0 Å². The lowest BCUT2D eigenvalue weighted by atomic mass is 10.0. The molecule has 2 aliphatic rings. The van der Waals surface area contributed by atoms with Crippen LogP contribution in [0.25, 0.3) is 6.08 Å². The molecule has 78 valence electrons. The molecule has 1 aromatic carbocycles. The number of hydrogen-bond donors (Lipinski definition) is 0. The van der Waals surface area contributed by atoms with E-state index in [-0.39, 0.29) is 6.29 Å². The maximum absolute atomic E-state index is 5.79. The van der Waals surface area contributed by atoms with Crippen LogP contribution in [0.2, 0.25) is 0 Å². The summed E-state index contributed by atoms with van der Waals surface area (Å²) < 4.78 is 11.5. The number of allylic oxidation sites excluding steroid dienone is 1. The molecule has 3 rings (SSSR count). The van der Waals surface area contributed by atoms with E-state index >= 15 is 0 Å². The molecule has 1 saturated heterocycles. The maximum Gasteiger partial charge on any atom is 0.226 e. The van der Waals surface area contributed by atoms with Crippen molar-refractivity contribution >= 4 is 6.08 Å². The van der Waals surface area contributed by atoms with E-state index in [2.05, 4.69) is 24.3 Å². The van der Waals surface area contributed by atoms with Gasteiger partial charge in [-0.3, -0.25) is 0 Å². The van der Waals surface area contributed by atoms with Gasteiger partial charge in [0.15, 0.2) is 0 Å². The molecule has 0 N–H and O–H groups in total. The molecule has 0 spiro atoms. The van der Waals surface area contributed by atoms with Gasteiger partial charge in [-0.1, -0.05) is 24.3 Å². The minimum absolute atomic E-state index is 0.179. The summed E-state index contributed by atoms with van der Waals surface area (Å²) in [6, 6.07) is 8.29.